The standard InChI is InChI=1S/C17H19NO2/c1-13(17(19)20-2)18-16(14-9-5-3-6-10-14)15-11-7-4-8-12-15/h3-13,16,18H,1-2H3/t13-/m0/s1. The van der Waals surface area contributed by atoms with Gasteiger partial charge in [0.25, 0.3) is 0 Å². The molecule has 3 heteroatoms. The Kier molecular flexibility index (Phi) is 4.91. The molecule has 1 N–H and O–H groups in total. The van der Waals surface area contributed by atoms with Crippen molar-refractivity contribution in [1.29, 1.82) is 0 Å². The van der Waals surface area contributed by atoms with Crippen molar-refractivity contribution in [2.75, 3.05) is 7.11 Å². The third-order valence-corrected chi connectivity index (χ3v) is 3.24. The van der Waals surface area contributed by atoms with Crippen molar-refractivity contribution >= 4 is 5.97 Å². The van der Waals surface area contributed by atoms with E-state index in [2.05, 4.69) is 29.6 Å². The van der Waals surface area contributed by atoms with Gasteiger partial charge in [0.1, 0.15) is 6.04 Å². The maximum Gasteiger partial charge on any atom is 0.322 e. The number of carbonyl (C=O) groups excluding carboxylic acids is 1. The molecule has 0 unspecified atom stereocenters. The van der Waals surface area contributed by atoms with Crippen LogP contribution in [0.25, 0.3) is 0 Å². The van der Waals surface area contributed by atoms with Crippen LogP contribution < -0.4 is 5.32 Å². The summed E-state index contributed by atoms with van der Waals surface area (Å²) in [6.45, 7) is 1.81. The van der Waals surface area contributed by atoms with Crippen molar-refractivity contribution in [3.63, 3.8) is 0 Å². The number of nitrogens with one attached hydrogen (secondary N) is 1. The summed E-state index contributed by atoms with van der Waals surface area (Å²) in [6.07, 6.45) is 0. The van der Waals surface area contributed by atoms with Crippen LogP contribution in [0.2, 0.25) is 0 Å². The monoisotopic (exact) mass is 269 g/mol. The molecule has 2 rings (SSSR count). The normalized spacial score (nSPS) is 12.2. The maximum atomic E-state index is 11.6. The zero-order chi connectivity index (χ0) is 14.4. The van der Waals surface area contributed by atoms with Crippen LogP contribution in [0.1, 0.15) is 24.1 Å². The lowest BCUT2D eigenvalue weighted by atomic mass is 9.98. The zero-order valence-corrected chi connectivity index (χ0v) is 11.7. The second kappa shape index (κ2) is 6.87. The van der Waals surface area contributed by atoms with Gasteiger partial charge in [-0.25, -0.2) is 0 Å². The van der Waals surface area contributed by atoms with Crippen LogP contribution in [-0.2, 0) is 9.53 Å². The third-order valence-electron chi connectivity index (χ3n) is 3.24. The maximum absolute atomic E-state index is 11.6. The van der Waals surface area contributed by atoms with E-state index < -0.39 is 0 Å². The van der Waals surface area contributed by atoms with Gasteiger partial charge in [0.2, 0.25) is 0 Å². The number of hydrogen-bond acceptors (Lipinski definition) is 3. The first-order chi connectivity index (χ1) is 9.72. The Morgan fingerprint density at radius 2 is 1.40 bits per heavy atom. The van der Waals surface area contributed by atoms with Crippen LogP contribution in [-0.4, -0.2) is 19.1 Å². The van der Waals surface area contributed by atoms with E-state index in [1.165, 1.54) is 7.11 Å². The second-order valence-electron chi connectivity index (χ2n) is 4.67. The van der Waals surface area contributed by atoms with E-state index >= 15 is 0 Å². The zero-order valence-electron chi connectivity index (χ0n) is 11.7. The van der Waals surface area contributed by atoms with Crippen LogP contribution in [0.3, 0.4) is 0 Å². The number of carbonyl (C=O) groups is 1. The highest BCUT2D eigenvalue weighted by Crippen LogP contribution is 2.22. The second-order valence-corrected chi connectivity index (χ2v) is 4.67. The van der Waals surface area contributed by atoms with Gasteiger partial charge < -0.3 is 4.74 Å². The number of methoxy groups -OCH3 is 1. The summed E-state index contributed by atoms with van der Waals surface area (Å²) in [6, 6.07) is 19.7. The van der Waals surface area contributed by atoms with Crippen molar-refractivity contribution in [2.24, 2.45) is 0 Å². The first-order valence-electron chi connectivity index (χ1n) is 6.66. The van der Waals surface area contributed by atoms with Crippen LogP contribution in [0.4, 0.5) is 0 Å². The predicted molar refractivity (Wildman–Crippen MR) is 79.3 cm³/mol. The summed E-state index contributed by atoms with van der Waals surface area (Å²) in [4.78, 5) is 11.6. The number of esters is 1. The van der Waals surface area contributed by atoms with E-state index in [0.29, 0.717) is 0 Å². The number of ether oxygens (including phenoxy) is 1. The van der Waals surface area contributed by atoms with Crippen LogP contribution in [0.15, 0.2) is 60.7 Å². The Labute approximate surface area is 119 Å². The Hall–Kier alpha value is -2.13. The number of hydrogen-bond donors (Lipinski definition) is 1. The van der Waals surface area contributed by atoms with E-state index in [1.807, 2.05) is 43.3 Å². The molecular weight excluding hydrogens is 250 g/mol. The fourth-order valence-electron chi connectivity index (χ4n) is 2.17. The molecule has 2 aromatic carbocycles. The lowest BCUT2D eigenvalue weighted by Crippen LogP contribution is -2.38. The summed E-state index contributed by atoms with van der Waals surface area (Å²) in [5.74, 6) is -0.262. The van der Waals surface area contributed by atoms with Gasteiger partial charge in [0.05, 0.1) is 13.2 Å². The molecule has 0 bridgehead atoms. The Bertz CT molecular complexity index is 500. The third kappa shape index (κ3) is 3.45. The van der Waals surface area contributed by atoms with E-state index in [0.717, 1.165) is 11.1 Å². The fraction of sp³-hybridized carbons (Fsp3) is 0.235. The van der Waals surface area contributed by atoms with Crippen molar-refractivity contribution in [1.82, 2.24) is 5.32 Å². The molecule has 0 saturated heterocycles. The quantitative estimate of drug-likeness (QED) is 0.848. The molecule has 0 aliphatic rings. The van der Waals surface area contributed by atoms with E-state index in [4.69, 9.17) is 4.74 Å². The predicted octanol–water partition coefficient (Wildman–Crippen LogP) is 2.93. The van der Waals surface area contributed by atoms with Crippen molar-refractivity contribution in [3.05, 3.63) is 71.8 Å². The Balaban J connectivity index is 2.28. The van der Waals surface area contributed by atoms with E-state index in [-0.39, 0.29) is 18.1 Å². The molecule has 0 fully saturated rings. The van der Waals surface area contributed by atoms with Gasteiger partial charge in [-0.15, -0.1) is 0 Å². The van der Waals surface area contributed by atoms with Crippen molar-refractivity contribution < 1.29 is 9.53 Å². The molecule has 0 aliphatic heterocycles. The smallest absolute Gasteiger partial charge is 0.322 e. The molecule has 0 saturated carbocycles. The SMILES string of the molecule is COC(=O)[C@H](C)NC(c1ccccc1)c1ccccc1. The Morgan fingerprint density at radius 3 is 1.80 bits per heavy atom. The van der Waals surface area contributed by atoms with E-state index in [1.54, 1.807) is 0 Å². The molecule has 0 radical (unpaired) electrons. The van der Waals surface area contributed by atoms with Gasteiger partial charge >= 0.3 is 5.97 Å². The number of rotatable bonds is 5. The molecule has 0 aromatic heterocycles. The molecule has 3 nitrogen and oxygen atoms in total. The molecule has 2 aromatic rings. The molecule has 0 amide bonds. The van der Waals surface area contributed by atoms with Crippen LogP contribution >= 0.6 is 0 Å². The molecule has 0 aliphatic carbocycles. The first kappa shape index (κ1) is 14.3. The van der Waals surface area contributed by atoms with Crippen molar-refractivity contribution in [3.8, 4) is 0 Å². The highest BCUT2D eigenvalue weighted by molar-refractivity contribution is 5.75. The lowest BCUT2D eigenvalue weighted by Gasteiger charge is -2.23. The van der Waals surface area contributed by atoms with Gasteiger partial charge in [-0.1, -0.05) is 60.7 Å². The molecular formula is C17H19NO2. The van der Waals surface area contributed by atoms with Gasteiger partial charge in [-0.3, -0.25) is 10.1 Å². The van der Waals surface area contributed by atoms with Gasteiger partial charge in [-0.2, -0.15) is 0 Å². The van der Waals surface area contributed by atoms with Gasteiger partial charge in [0, 0.05) is 0 Å². The molecule has 0 heterocycles. The Morgan fingerprint density at radius 1 is 0.950 bits per heavy atom. The average molecular weight is 269 g/mol. The topological polar surface area (TPSA) is 38.3 Å². The summed E-state index contributed by atoms with van der Waals surface area (Å²) in [7, 11) is 1.40. The van der Waals surface area contributed by atoms with E-state index in [9.17, 15) is 4.79 Å². The minimum absolute atomic E-state index is 0.0356. The highest BCUT2D eigenvalue weighted by Gasteiger charge is 2.20. The highest BCUT2D eigenvalue weighted by atomic mass is 16.5. The minimum atomic E-state index is -0.370. The molecule has 104 valence electrons. The summed E-state index contributed by atoms with van der Waals surface area (Å²) in [5, 5.41) is 3.33. The average Bonchev–Trinajstić information content (AvgIpc) is 2.53. The van der Waals surface area contributed by atoms with Crippen LogP contribution in [0, 0.1) is 0 Å². The molecule has 0 spiro atoms. The van der Waals surface area contributed by atoms with Gasteiger partial charge in [0.15, 0.2) is 0 Å². The van der Waals surface area contributed by atoms with Gasteiger partial charge in [-0.05, 0) is 18.1 Å². The molecule has 20 heavy (non-hydrogen) atoms. The summed E-state index contributed by atoms with van der Waals surface area (Å²) in [5.41, 5.74) is 2.24. The molecule has 1 atom stereocenters. The first-order valence-corrected chi connectivity index (χ1v) is 6.66. The minimum Gasteiger partial charge on any atom is -0.468 e. The largest absolute Gasteiger partial charge is 0.468 e. The number of benzene rings is 2. The van der Waals surface area contributed by atoms with Crippen LogP contribution in [0.5, 0.6) is 0 Å². The lowest BCUT2D eigenvalue weighted by molar-refractivity contribution is -0.142. The van der Waals surface area contributed by atoms with Crippen molar-refractivity contribution in [2.45, 2.75) is 19.0 Å². The summed E-state index contributed by atoms with van der Waals surface area (Å²) >= 11 is 0. The fourth-order valence-corrected chi connectivity index (χ4v) is 2.17. The summed E-state index contributed by atoms with van der Waals surface area (Å²) < 4.78 is 4.78.